The number of nitrogens with zero attached hydrogens (tertiary/aromatic N) is 3. The zero-order valence-corrected chi connectivity index (χ0v) is 22.2. The van der Waals surface area contributed by atoms with Crippen molar-refractivity contribution in [2.75, 3.05) is 0 Å². The summed E-state index contributed by atoms with van der Waals surface area (Å²) < 4.78 is 12.0. The Morgan fingerprint density at radius 2 is 1.67 bits per heavy atom. The van der Waals surface area contributed by atoms with E-state index in [1.807, 2.05) is 86.6 Å². The molecule has 8 nitrogen and oxygen atoms in total. The van der Waals surface area contributed by atoms with Crippen LogP contribution in [-0.4, -0.2) is 25.8 Å². The summed E-state index contributed by atoms with van der Waals surface area (Å²) in [5, 5.41) is 3.84. The molecule has 1 N–H and O–H groups in total. The lowest BCUT2D eigenvalue weighted by atomic mass is 9.96. The number of ether oxygens (including phenoxy) is 1. The molecule has 0 amide bonds. The number of H-pyrrole nitrogens is 1. The predicted molar refractivity (Wildman–Crippen MR) is 150 cm³/mol. The predicted octanol–water partition coefficient (Wildman–Crippen LogP) is 5.57. The first-order chi connectivity index (χ1) is 18.9. The van der Waals surface area contributed by atoms with E-state index in [1.54, 1.807) is 10.9 Å². The first-order valence-corrected chi connectivity index (χ1v) is 13.0. The summed E-state index contributed by atoms with van der Waals surface area (Å²) in [4.78, 5) is 32.4. The van der Waals surface area contributed by atoms with Crippen LogP contribution in [0.15, 0.2) is 93.2 Å². The molecule has 2 heterocycles. The highest BCUT2D eigenvalue weighted by atomic mass is 16.5. The van der Waals surface area contributed by atoms with Gasteiger partial charge in [-0.1, -0.05) is 67.0 Å². The van der Waals surface area contributed by atoms with Crippen LogP contribution in [0.25, 0.3) is 28.2 Å². The summed E-state index contributed by atoms with van der Waals surface area (Å²) in [6, 6.07) is 23.2. The van der Waals surface area contributed by atoms with Gasteiger partial charge in [-0.3, -0.25) is 18.9 Å². The molecule has 0 aliphatic heterocycles. The standard InChI is InChI=1S/C31H30N4O4/c1-4-7-28-27(30(36)35(19-32-28)23-14-16-24(17-15-23)38-20(2)3)18-21-10-12-22(13-11-21)25-8-5-6-9-26(25)29-33-31(37)39-34-29/h5-6,8-17,19-20H,4,7,18H2,1-3H3,(H,33,34,37). The number of aromatic nitrogens is 4. The Hall–Kier alpha value is -4.72. The Morgan fingerprint density at radius 1 is 0.949 bits per heavy atom. The van der Waals surface area contributed by atoms with E-state index in [1.165, 1.54) is 0 Å². The maximum absolute atomic E-state index is 13.7. The van der Waals surface area contributed by atoms with Crippen LogP contribution in [0.3, 0.4) is 0 Å². The zero-order chi connectivity index (χ0) is 27.4. The van der Waals surface area contributed by atoms with Crippen molar-refractivity contribution in [2.24, 2.45) is 0 Å². The van der Waals surface area contributed by atoms with Crippen LogP contribution in [0.5, 0.6) is 5.75 Å². The largest absolute Gasteiger partial charge is 0.491 e. The zero-order valence-electron chi connectivity index (χ0n) is 22.2. The minimum atomic E-state index is -0.597. The van der Waals surface area contributed by atoms with Crippen LogP contribution in [0, 0.1) is 0 Å². The highest BCUT2D eigenvalue weighted by Crippen LogP contribution is 2.30. The summed E-state index contributed by atoms with van der Waals surface area (Å²) in [6.45, 7) is 6.04. The Balaban J connectivity index is 1.45. The van der Waals surface area contributed by atoms with E-state index in [0.717, 1.165) is 52.2 Å². The molecule has 0 spiro atoms. The van der Waals surface area contributed by atoms with Gasteiger partial charge in [0.25, 0.3) is 5.56 Å². The van der Waals surface area contributed by atoms with Gasteiger partial charge in [-0.25, -0.2) is 9.78 Å². The van der Waals surface area contributed by atoms with Crippen LogP contribution in [-0.2, 0) is 12.8 Å². The summed E-state index contributed by atoms with van der Waals surface area (Å²) >= 11 is 0. The van der Waals surface area contributed by atoms with Crippen LogP contribution in [0.4, 0.5) is 0 Å². The van der Waals surface area contributed by atoms with Crippen molar-refractivity contribution in [3.8, 4) is 34.0 Å². The highest BCUT2D eigenvalue weighted by Gasteiger charge is 2.15. The van der Waals surface area contributed by atoms with Crippen molar-refractivity contribution in [2.45, 2.75) is 46.1 Å². The molecule has 198 valence electrons. The first kappa shape index (κ1) is 25.9. The second kappa shape index (κ2) is 11.3. The fourth-order valence-electron chi connectivity index (χ4n) is 4.59. The Labute approximate surface area is 225 Å². The van der Waals surface area contributed by atoms with Crippen molar-refractivity contribution in [1.29, 1.82) is 0 Å². The molecule has 39 heavy (non-hydrogen) atoms. The minimum Gasteiger partial charge on any atom is -0.491 e. The van der Waals surface area contributed by atoms with Gasteiger partial charge < -0.3 is 4.74 Å². The van der Waals surface area contributed by atoms with Gasteiger partial charge in [0, 0.05) is 17.5 Å². The Morgan fingerprint density at radius 3 is 2.31 bits per heavy atom. The molecule has 0 saturated heterocycles. The molecule has 0 radical (unpaired) electrons. The van der Waals surface area contributed by atoms with Crippen LogP contribution in [0.2, 0.25) is 0 Å². The number of aryl methyl sites for hydroxylation is 1. The van der Waals surface area contributed by atoms with Crippen LogP contribution < -0.4 is 16.1 Å². The van der Waals surface area contributed by atoms with Crippen molar-refractivity contribution >= 4 is 0 Å². The van der Waals surface area contributed by atoms with Crippen LogP contribution in [0.1, 0.15) is 44.0 Å². The van der Waals surface area contributed by atoms with Gasteiger partial charge in [0.2, 0.25) is 0 Å². The minimum absolute atomic E-state index is 0.0737. The van der Waals surface area contributed by atoms with Crippen molar-refractivity contribution in [1.82, 2.24) is 19.7 Å². The van der Waals surface area contributed by atoms with E-state index in [0.29, 0.717) is 17.8 Å². The number of aromatic amines is 1. The summed E-state index contributed by atoms with van der Waals surface area (Å²) in [6.07, 6.45) is 3.78. The fraction of sp³-hybridized carbons (Fsp3) is 0.226. The molecule has 0 saturated carbocycles. The normalized spacial score (nSPS) is 11.2. The summed E-state index contributed by atoms with van der Waals surface area (Å²) in [5.74, 6) is 0.540. The third kappa shape index (κ3) is 5.75. The van der Waals surface area contributed by atoms with Gasteiger partial charge in [-0.05, 0) is 61.2 Å². The second-order valence-corrected chi connectivity index (χ2v) is 9.62. The molecule has 5 aromatic rings. The van der Waals surface area contributed by atoms with Crippen molar-refractivity contribution in [3.63, 3.8) is 0 Å². The molecular formula is C31H30N4O4. The average Bonchev–Trinajstić information content (AvgIpc) is 3.38. The Kier molecular flexibility index (Phi) is 7.54. The molecule has 0 atom stereocenters. The summed E-state index contributed by atoms with van der Waals surface area (Å²) in [7, 11) is 0. The fourth-order valence-corrected chi connectivity index (χ4v) is 4.59. The molecule has 0 bridgehead atoms. The molecule has 0 aliphatic carbocycles. The molecule has 5 rings (SSSR count). The number of rotatable bonds is 9. The lowest BCUT2D eigenvalue weighted by Crippen LogP contribution is -2.25. The lowest BCUT2D eigenvalue weighted by molar-refractivity contribution is 0.242. The average molecular weight is 523 g/mol. The molecule has 3 aromatic carbocycles. The number of nitrogens with one attached hydrogen (secondary N) is 1. The maximum atomic E-state index is 13.7. The molecular weight excluding hydrogens is 492 g/mol. The van der Waals surface area contributed by atoms with Crippen molar-refractivity contribution < 1.29 is 9.26 Å². The highest BCUT2D eigenvalue weighted by molar-refractivity contribution is 5.80. The topological polar surface area (TPSA) is 103 Å². The third-order valence-electron chi connectivity index (χ3n) is 6.40. The van der Waals surface area contributed by atoms with E-state index in [2.05, 4.69) is 22.0 Å². The smallest absolute Gasteiger partial charge is 0.439 e. The quantitative estimate of drug-likeness (QED) is 0.271. The van der Waals surface area contributed by atoms with Gasteiger partial charge in [0.05, 0.1) is 17.5 Å². The van der Waals surface area contributed by atoms with Gasteiger partial charge >= 0.3 is 5.76 Å². The summed E-state index contributed by atoms with van der Waals surface area (Å²) in [5.41, 5.74) is 5.81. The maximum Gasteiger partial charge on any atom is 0.439 e. The van der Waals surface area contributed by atoms with Crippen molar-refractivity contribution in [3.05, 3.63) is 117 Å². The van der Waals surface area contributed by atoms with Gasteiger partial charge in [0.1, 0.15) is 12.1 Å². The van der Waals surface area contributed by atoms with Gasteiger partial charge in [0.15, 0.2) is 5.82 Å². The SMILES string of the molecule is CCCc1ncn(-c2ccc(OC(C)C)cc2)c(=O)c1Cc1ccc(-c2ccccc2-c2noc(=O)[nH]2)cc1. The first-order valence-electron chi connectivity index (χ1n) is 13.0. The van der Waals surface area contributed by atoms with Crippen LogP contribution >= 0.6 is 0 Å². The van der Waals surface area contributed by atoms with E-state index in [-0.39, 0.29) is 11.7 Å². The monoisotopic (exact) mass is 522 g/mol. The molecule has 0 aliphatic rings. The third-order valence-corrected chi connectivity index (χ3v) is 6.40. The molecule has 0 unspecified atom stereocenters. The van der Waals surface area contributed by atoms with Gasteiger partial charge in [-0.2, -0.15) is 0 Å². The van der Waals surface area contributed by atoms with Gasteiger partial charge in [-0.15, -0.1) is 0 Å². The van der Waals surface area contributed by atoms with E-state index in [9.17, 15) is 9.59 Å². The molecule has 2 aromatic heterocycles. The molecule has 0 fully saturated rings. The second-order valence-electron chi connectivity index (χ2n) is 9.62. The number of hydrogen-bond acceptors (Lipinski definition) is 6. The number of benzene rings is 3. The molecule has 8 heteroatoms. The van der Waals surface area contributed by atoms with E-state index < -0.39 is 5.76 Å². The Bertz CT molecular complexity index is 1680. The number of hydrogen-bond donors (Lipinski definition) is 1. The van der Waals surface area contributed by atoms with E-state index >= 15 is 0 Å². The van der Waals surface area contributed by atoms with E-state index in [4.69, 9.17) is 9.26 Å². The lowest BCUT2D eigenvalue weighted by Gasteiger charge is -2.14.